The van der Waals surface area contributed by atoms with E-state index < -0.39 is 21.5 Å². The average Bonchev–Trinajstić information content (AvgIpc) is 2.31. The van der Waals surface area contributed by atoms with E-state index in [9.17, 15) is 18.3 Å². The maximum atomic E-state index is 11.4. The molecule has 2 heterocycles. The fourth-order valence-corrected chi connectivity index (χ4v) is 4.31. The number of nitrogens with zero attached hydrogens (tertiary/aromatic N) is 1. The van der Waals surface area contributed by atoms with Crippen LogP contribution in [0.5, 0.6) is 0 Å². The third-order valence-electron chi connectivity index (χ3n) is 3.39. The lowest BCUT2D eigenvalue weighted by Gasteiger charge is -2.42. The van der Waals surface area contributed by atoms with E-state index in [0.717, 1.165) is 12.7 Å². The summed E-state index contributed by atoms with van der Waals surface area (Å²) >= 11 is 0. The predicted molar refractivity (Wildman–Crippen MR) is 58.2 cm³/mol. The zero-order chi connectivity index (χ0) is 12.0. The number of hydrogen-bond acceptors (Lipinski definition) is 4. The molecule has 0 aromatic rings. The van der Waals surface area contributed by atoms with Crippen LogP contribution in [0, 0.1) is 0 Å². The number of rotatable bonds is 2. The molecule has 0 saturated carbocycles. The van der Waals surface area contributed by atoms with Gasteiger partial charge in [0.05, 0.1) is 11.3 Å². The summed E-state index contributed by atoms with van der Waals surface area (Å²) in [5.41, 5.74) is -0.748. The summed E-state index contributed by atoms with van der Waals surface area (Å²) in [5, 5.41) is 12.3. The van der Waals surface area contributed by atoms with Crippen molar-refractivity contribution in [3.05, 3.63) is 0 Å². The number of sulfone groups is 1. The molecule has 2 bridgehead atoms. The highest BCUT2D eigenvalue weighted by molar-refractivity contribution is 7.90. The van der Waals surface area contributed by atoms with Crippen LogP contribution in [-0.2, 0) is 9.84 Å². The minimum atomic E-state index is -3.18. The predicted octanol–water partition coefficient (Wildman–Crippen LogP) is -0.485. The summed E-state index contributed by atoms with van der Waals surface area (Å²) < 4.78 is 22.8. The van der Waals surface area contributed by atoms with Crippen molar-refractivity contribution in [2.75, 3.05) is 25.1 Å². The molecule has 0 radical (unpaired) electrons. The zero-order valence-electron chi connectivity index (χ0n) is 9.14. The van der Waals surface area contributed by atoms with Crippen molar-refractivity contribution in [2.24, 2.45) is 0 Å². The highest BCUT2D eigenvalue weighted by atomic mass is 32.2. The Labute approximate surface area is 94.5 Å². The van der Waals surface area contributed by atoms with Gasteiger partial charge in [0, 0.05) is 25.4 Å². The Morgan fingerprint density at radius 2 is 2.31 bits per heavy atom. The number of piperazine rings is 1. The van der Waals surface area contributed by atoms with Gasteiger partial charge in [0.15, 0.2) is 0 Å². The van der Waals surface area contributed by atoms with Crippen LogP contribution in [0.25, 0.3) is 0 Å². The van der Waals surface area contributed by atoms with Crippen molar-refractivity contribution in [1.82, 2.24) is 10.2 Å². The molecule has 2 atom stereocenters. The van der Waals surface area contributed by atoms with E-state index >= 15 is 0 Å². The van der Waals surface area contributed by atoms with Crippen LogP contribution >= 0.6 is 0 Å². The molecule has 0 unspecified atom stereocenters. The van der Waals surface area contributed by atoms with Gasteiger partial charge in [-0.25, -0.2) is 13.2 Å². The Hall–Kier alpha value is -0.820. The van der Waals surface area contributed by atoms with E-state index in [1.165, 1.54) is 4.90 Å². The number of carbonyl (C=O) groups is 1. The average molecular weight is 248 g/mol. The SMILES string of the molecule is CS(=O)(=O)C[C@@]12CC[C@@H](CNC1)N2C(=O)O. The van der Waals surface area contributed by atoms with Crippen LogP contribution in [0.4, 0.5) is 4.79 Å². The van der Waals surface area contributed by atoms with Gasteiger partial charge in [-0.15, -0.1) is 0 Å². The summed E-state index contributed by atoms with van der Waals surface area (Å²) in [4.78, 5) is 12.6. The smallest absolute Gasteiger partial charge is 0.408 e. The molecule has 6 nitrogen and oxygen atoms in total. The molecule has 7 heteroatoms. The molecule has 16 heavy (non-hydrogen) atoms. The lowest BCUT2D eigenvalue weighted by Crippen LogP contribution is -2.64. The standard InChI is InChI=1S/C9H16N2O4S/c1-16(14,15)6-9-3-2-7(4-10-5-9)11(9)8(12)13/h7,10H,2-6H2,1H3,(H,12,13)/t7-,9+/m0/s1. The molecular formula is C9H16N2O4S. The Bertz CT molecular complexity index is 404. The van der Waals surface area contributed by atoms with Crippen molar-refractivity contribution >= 4 is 15.9 Å². The highest BCUT2D eigenvalue weighted by Crippen LogP contribution is 2.37. The zero-order valence-corrected chi connectivity index (χ0v) is 9.96. The first-order chi connectivity index (χ1) is 7.34. The first-order valence-corrected chi connectivity index (χ1v) is 7.31. The Kier molecular flexibility index (Phi) is 2.62. The van der Waals surface area contributed by atoms with Crippen molar-refractivity contribution < 1.29 is 18.3 Å². The molecule has 2 saturated heterocycles. The van der Waals surface area contributed by atoms with Gasteiger partial charge in [-0.05, 0) is 12.8 Å². The first-order valence-electron chi connectivity index (χ1n) is 5.25. The quantitative estimate of drug-likeness (QED) is 0.689. The van der Waals surface area contributed by atoms with Crippen molar-refractivity contribution in [3.8, 4) is 0 Å². The molecule has 2 aliphatic rings. The van der Waals surface area contributed by atoms with Gasteiger partial charge in [-0.3, -0.25) is 4.90 Å². The van der Waals surface area contributed by atoms with Crippen LogP contribution in [-0.4, -0.2) is 61.2 Å². The second-order valence-corrected chi connectivity index (χ2v) is 6.91. The third kappa shape index (κ3) is 1.89. The minimum absolute atomic E-state index is 0.0759. The van der Waals surface area contributed by atoms with E-state index in [1.807, 2.05) is 0 Å². The molecule has 0 aromatic heterocycles. The number of nitrogens with one attached hydrogen (secondary N) is 1. The maximum Gasteiger partial charge on any atom is 0.408 e. The van der Waals surface area contributed by atoms with Crippen LogP contribution in [0.1, 0.15) is 12.8 Å². The fourth-order valence-electron chi connectivity index (χ4n) is 2.95. The van der Waals surface area contributed by atoms with Gasteiger partial charge >= 0.3 is 6.09 Å². The van der Waals surface area contributed by atoms with Gasteiger partial charge < -0.3 is 10.4 Å². The topological polar surface area (TPSA) is 86.7 Å². The Morgan fingerprint density at radius 3 is 2.88 bits per heavy atom. The summed E-state index contributed by atoms with van der Waals surface area (Å²) in [6, 6.07) is -0.0759. The van der Waals surface area contributed by atoms with Gasteiger partial charge in [0.25, 0.3) is 0 Å². The normalized spacial score (nSPS) is 34.1. The molecule has 0 aliphatic carbocycles. The van der Waals surface area contributed by atoms with Crippen molar-refractivity contribution in [1.29, 1.82) is 0 Å². The molecular weight excluding hydrogens is 232 g/mol. The lowest BCUT2D eigenvalue weighted by molar-refractivity contribution is 0.0719. The monoisotopic (exact) mass is 248 g/mol. The van der Waals surface area contributed by atoms with Crippen LogP contribution in [0.2, 0.25) is 0 Å². The molecule has 0 aromatic carbocycles. The van der Waals surface area contributed by atoms with E-state index in [1.54, 1.807) is 0 Å². The third-order valence-corrected chi connectivity index (χ3v) is 4.45. The Balaban J connectivity index is 2.32. The number of carboxylic acid groups (broad SMARTS) is 1. The molecule has 92 valence electrons. The van der Waals surface area contributed by atoms with Gasteiger partial charge in [-0.2, -0.15) is 0 Å². The van der Waals surface area contributed by atoms with E-state index in [2.05, 4.69) is 5.32 Å². The van der Waals surface area contributed by atoms with Gasteiger partial charge in [0.1, 0.15) is 9.84 Å². The molecule has 2 fully saturated rings. The summed E-state index contributed by atoms with van der Waals surface area (Å²) in [6.45, 7) is 1.06. The molecule has 1 amide bonds. The molecule has 2 rings (SSSR count). The van der Waals surface area contributed by atoms with Crippen LogP contribution in [0.15, 0.2) is 0 Å². The second-order valence-electron chi connectivity index (χ2n) is 4.77. The number of amides is 1. The number of fused-ring (bicyclic) bond motifs is 2. The molecule has 2 N–H and O–H groups in total. The molecule has 2 aliphatic heterocycles. The van der Waals surface area contributed by atoms with Crippen LogP contribution < -0.4 is 5.32 Å². The van der Waals surface area contributed by atoms with E-state index in [-0.39, 0.29) is 11.8 Å². The summed E-state index contributed by atoms with van der Waals surface area (Å²) in [6.07, 6.45) is 1.52. The fraction of sp³-hybridized carbons (Fsp3) is 0.889. The van der Waals surface area contributed by atoms with Crippen molar-refractivity contribution in [2.45, 2.75) is 24.4 Å². The first kappa shape index (κ1) is 11.7. The van der Waals surface area contributed by atoms with Crippen LogP contribution in [0.3, 0.4) is 0 Å². The summed E-state index contributed by atoms with van der Waals surface area (Å²) in [5.74, 6) is -0.0875. The molecule has 0 spiro atoms. The maximum absolute atomic E-state index is 11.4. The van der Waals surface area contributed by atoms with E-state index in [0.29, 0.717) is 19.5 Å². The largest absolute Gasteiger partial charge is 0.465 e. The lowest BCUT2D eigenvalue weighted by atomic mass is 9.99. The van der Waals surface area contributed by atoms with Gasteiger partial charge in [0.2, 0.25) is 0 Å². The minimum Gasteiger partial charge on any atom is -0.465 e. The van der Waals surface area contributed by atoms with Crippen molar-refractivity contribution in [3.63, 3.8) is 0 Å². The second kappa shape index (κ2) is 3.59. The van der Waals surface area contributed by atoms with Gasteiger partial charge in [-0.1, -0.05) is 0 Å². The Morgan fingerprint density at radius 1 is 1.62 bits per heavy atom. The van der Waals surface area contributed by atoms with E-state index in [4.69, 9.17) is 0 Å². The highest BCUT2D eigenvalue weighted by Gasteiger charge is 2.52. The summed E-state index contributed by atoms with van der Waals surface area (Å²) in [7, 11) is -3.18. The number of hydrogen-bond donors (Lipinski definition) is 2.